The third-order valence-corrected chi connectivity index (χ3v) is 3.61. The van der Waals surface area contributed by atoms with Crippen LogP contribution in [0.2, 0.25) is 0 Å². The molecule has 0 aliphatic carbocycles. The van der Waals surface area contributed by atoms with Crippen LogP contribution in [0.1, 0.15) is 26.5 Å². The number of furan rings is 1. The minimum absolute atomic E-state index is 0.162. The molecule has 2 N–H and O–H groups in total. The summed E-state index contributed by atoms with van der Waals surface area (Å²) in [7, 11) is 0. The molecule has 3 rings (SSSR count). The van der Waals surface area contributed by atoms with Crippen molar-refractivity contribution in [3.05, 3.63) is 89.4 Å². The van der Waals surface area contributed by atoms with Crippen molar-refractivity contribution in [2.45, 2.75) is 6.54 Å². The lowest BCUT2D eigenvalue weighted by atomic mass is 10.1. The van der Waals surface area contributed by atoms with Gasteiger partial charge >= 0.3 is 0 Å². The summed E-state index contributed by atoms with van der Waals surface area (Å²) in [6, 6.07) is 12.4. The molecule has 0 saturated heterocycles. The molecule has 0 fully saturated rings. The molecule has 132 valence electrons. The summed E-state index contributed by atoms with van der Waals surface area (Å²) < 4.78 is 32.3. The van der Waals surface area contributed by atoms with Gasteiger partial charge in [0.1, 0.15) is 23.1 Å². The van der Waals surface area contributed by atoms with Gasteiger partial charge in [0, 0.05) is 11.1 Å². The molecular weight excluding hydrogens is 342 g/mol. The van der Waals surface area contributed by atoms with Crippen molar-refractivity contribution in [2.75, 3.05) is 5.32 Å². The van der Waals surface area contributed by atoms with E-state index in [2.05, 4.69) is 10.6 Å². The highest BCUT2D eigenvalue weighted by Crippen LogP contribution is 2.19. The lowest BCUT2D eigenvalue weighted by Gasteiger charge is -2.08. The fourth-order valence-corrected chi connectivity index (χ4v) is 2.26. The van der Waals surface area contributed by atoms with Gasteiger partial charge in [-0.1, -0.05) is 6.07 Å². The first-order chi connectivity index (χ1) is 12.5. The third kappa shape index (κ3) is 3.94. The molecule has 0 atom stereocenters. The van der Waals surface area contributed by atoms with Gasteiger partial charge in [-0.15, -0.1) is 0 Å². The van der Waals surface area contributed by atoms with Gasteiger partial charge in [0.2, 0.25) is 0 Å². The second kappa shape index (κ2) is 7.60. The standard InChI is InChI=1S/C19H14F2N2O3/c20-15-4-1-5-16(21)17(15)23-19(25)13-8-6-12(7-9-13)18(24)22-11-14-3-2-10-26-14/h1-10H,11H2,(H,22,24)(H,23,25). The highest BCUT2D eigenvalue weighted by Gasteiger charge is 2.14. The van der Waals surface area contributed by atoms with E-state index in [4.69, 9.17) is 4.42 Å². The van der Waals surface area contributed by atoms with Gasteiger partial charge in [-0.05, 0) is 48.5 Å². The van der Waals surface area contributed by atoms with E-state index in [0.717, 1.165) is 12.1 Å². The number of nitrogens with one attached hydrogen (secondary N) is 2. The predicted molar refractivity (Wildman–Crippen MR) is 90.6 cm³/mol. The van der Waals surface area contributed by atoms with Crippen LogP contribution in [0, 0.1) is 11.6 Å². The van der Waals surface area contributed by atoms with Crippen LogP contribution in [0.25, 0.3) is 0 Å². The summed E-state index contributed by atoms with van der Waals surface area (Å²) in [5, 5.41) is 4.86. The average Bonchev–Trinajstić information content (AvgIpc) is 3.16. The first-order valence-electron chi connectivity index (χ1n) is 7.70. The number of anilines is 1. The Morgan fingerprint density at radius 1 is 0.846 bits per heavy atom. The summed E-state index contributed by atoms with van der Waals surface area (Å²) in [5.41, 5.74) is -0.0156. The topological polar surface area (TPSA) is 71.3 Å². The van der Waals surface area contributed by atoms with Crippen LogP contribution >= 0.6 is 0 Å². The van der Waals surface area contributed by atoms with Crippen molar-refractivity contribution < 1.29 is 22.8 Å². The molecule has 0 aliphatic rings. The highest BCUT2D eigenvalue weighted by molar-refractivity contribution is 6.05. The van der Waals surface area contributed by atoms with E-state index < -0.39 is 23.2 Å². The number of para-hydroxylation sites is 1. The van der Waals surface area contributed by atoms with Crippen molar-refractivity contribution in [3.8, 4) is 0 Å². The summed E-state index contributed by atoms with van der Waals surface area (Å²) in [4.78, 5) is 24.2. The van der Waals surface area contributed by atoms with Crippen LogP contribution in [-0.4, -0.2) is 11.8 Å². The normalized spacial score (nSPS) is 10.4. The number of halogens is 2. The fourth-order valence-electron chi connectivity index (χ4n) is 2.26. The summed E-state index contributed by atoms with van der Waals surface area (Å²) in [6.07, 6.45) is 1.51. The third-order valence-electron chi connectivity index (χ3n) is 3.61. The second-order valence-corrected chi connectivity index (χ2v) is 5.39. The molecule has 26 heavy (non-hydrogen) atoms. The molecule has 2 aromatic carbocycles. The summed E-state index contributed by atoms with van der Waals surface area (Å²) >= 11 is 0. The van der Waals surface area contributed by atoms with E-state index in [0.29, 0.717) is 11.3 Å². The minimum atomic E-state index is -0.868. The van der Waals surface area contributed by atoms with Gasteiger partial charge in [-0.25, -0.2) is 8.78 Å². The zero-order chi connectivity index (χ0) is 18.5. The maximum absolute atomic E-state index is 13.6. The quantitative estimate of drug-likeness (QED) is 0.732. The number of carbonyl (C=O) groups is 2. The van der Waals surface area contributed by atoms with Crippen molar-refractivity contribution >= 4 is 17.5 Å². The first kappa shape index (κ1) is 17.3. The van der Waals surface area contributed by atoms with Crippen LogP contribution < -0.4 is 10.6 Å². The zero-order valence-corrected chi connectivity index (χ0v) is 13.5. The van der Waals surface area contributed by atoms with Crippen LogP contribution in [0.3, 0.4) is 0 Å². The lowest BCUT2D eigenvalue weighted by molar-refractivity contribution is 0.0946. The van der Waals surface area contributed by atoms with Gasteiger partial charge in [0.25, 0.3) is 11.8 Å². The number of benzene rings is 2. The molecule has 7 heteroatoms. The highest BCUT2D eigenvalue weighted by atomic mass is 19.1. The molecule has 1 heterocycles. The van der Waals surface area contributed by atoms with E-state index in [9.17, 15) is 18.4 Å². The Balaban J connectivity index is 1.65. The smallest absolute Gasteiger partial charge is 0.255 e. The molecule has 0 spiro atoms. The Morgan fingerprint density at radius 2 is 1.46 bits per heavy atom. The molecule has 0 saturated carbocycles. The maximum Gasteiger partial charge on any atom is 0.255 e. The molecule has 5 nitrogen and oxygen atoms in total. The Hall–Kier alpha value is -3.48. The van der Waals surface area contributed by atoms with E-state index in [1.165, 1.54) is 36.6 Å². The van der Waals surface area contributed by atoms with Crippen LogP contribution in [0.4, 0.5) is 14.5 Å². The number of hydrogen-bond donors (Lipinski definition) is 2. The first-order valence-corrected chi connectivity index (χ1v) is 7.70. The van der Waals surface area contributed by atoms with Crippen molar-refractivity contribution in [1.29, 1.82) is 0 Å². The Morgan fingerprint density at radius 3 is 2.04 bits per heavy atom. The SMILES string of the molecule is O=C(NCc1ccco1)c1ccc(C(=O)Nc2c(F)cccc2F)cc1. The Labute approximate surface area is 147 Å². The van der Waals surface area contributed by atoms with Gasteiger partial charge in [0.05, 0.1) is 12.8 Å². The summed E-state index contributed by atoms with van der Waals surface area (Å²) in [5.74, 6) is -2.15. The van der Waals surface area contributed by atoms with Crippen molar-refractivity contribution in [3.63, 3.8) is 0 Å². The molecule has 1 aromatic heterocycles. The van der Waals surface area contributed by atoms with E-state index in [1.54, 1.807) is 12.1 Å². The lowest BCUT2D eigenvalue weighted by Crippen LogP contribution is -2.22. The van der Waals surface area contributed by atoms with Crippen LogP contribution in [-0.2, 0) is 6.54 Å². The maximum atomic E-state index is 13.6. The van der Waals surface area contributed by atoms with E-state index >= 15 is 0 Å². The summed E-state index contributed by atoms with van der Waals surface area (Å²) in [6.45, 7) is 0.237. The number of amides is 2. The monoisotopic (exact) mass is 356 g/mol. The molecule has 2 amide bonds. The number of rotatable bonds is 5. The van der Waals surface area contributed by atoms with Gasteiger partial charge in [-0.2, -0.15) is 0 Å². The molecule has 0 radical (unpaired) electrons. The fraction of sp³-hybridized carbons (Fsp3) is 0.0526. The van der Waals surface area contributed by atoms with E-state index in [-0.39, 0.29) is 18.0 Å². The number of carbonyl (C=O) groups excluding carboxylic acids is 2. The molecule has 3 aromatic rings. The van der Waals surface area contributed by atoms with Crippen LogP contribution in [0.5, 0.6) is 0 Å². The van der Waals surface area contributed by atoms with Gasteiger partial charge < -0.3 is 15.1 Å². The minimum Gasteiger partial charge on any atom is -0.467 e. The molecule has 0 aliphatic heterocycles. The van der Waals surface area contributed by atoms with Crippen LogP contribution in [0.15, 0.2) is 65.3 Å². The van der Waals surface area contributed by atoms with E-state index in [1.807, 2.05) is 0 Å². The zero-order valence-electron chi connectivity index (χ0n) is 13.5. The number of hydrogen-bond acceptors (Lipinski definition) is 3. The molecule has 0 unspecified atom stereocenters. The van der Waals surface area contributed by atoms with Gasteiger partial charge in [0.15, 0.2) is 0 Å². The van der Waals surface area contributed by atoms with Gasteiger partial charge in [-0.3, -0.25) is 9.59 Å². The Kier molecular flexibility index (Phi) is 5.07. The molecular formula is C19H14F2N2O3. The van der Waals surface area contributed by atoms with Crippen molar-refractivity contribution in [2.24, 2.45) is 0 Å². The van der Waals surface area contributed by atoms with Crippen molar-refractivity contribution in [1.82, 2.24) is 5.32 Å². The largest absolute Gasteiger partial charge is 0.467 e. The predicted octanol–water partition coefficient (Wildman–Crippen LogP) is 3.74. The average molecular weight is 356 g/mol. The molecule has 0 bridgehead atoms. The Bertz CT molecular complexity index is 902. The second-order valence-electron chi connectivity index (χ2n) is 5.39.